The number of anilines is 1. The molecule has 0 spiro atoms. The topological polar surface area (TPSA) is 86.8 Å². The van der Waals surface area contributed by atoms with E-state index in [0.29, 0.717) is 11.5 Å². The predicted molar refractivity (Wildman–Crippen MR) is 115 cm³/mol. The molecular weight excluding hydrogens is 415 g/mol. The summed E-state index contributed by atoms with van der Waals surface area (Å²) in [6.45, 7) is 1.68. The van der Waals surface area contributed by atoms with Crippen molar-refractivity contribution in [3.63, 3.8) is 0 Å². The Balaban J connectivity index is 1.85. The van der Waals surface area contributed by atoms with Crippen molar-refractivity contribution in [1.82, 2.24) is 4.98 Å². The third kappa shape index (κ3) is 5.83. The van der Waals surface area contributed by atoms with Gasteiger partial charge in [-0.2, -0.15) is 0 Å². The number of nitrogens with zero attached hydrogens (tertiary/aromatic N) is 1. The van der Waals surface area contributed by atoms with Crippen LogP contribution < -0.4 is 14.8 Å². The number of halogens is 1. The predicted octanol–water partition coefficient (Wildman–Crippen LogP) is 4.45. The number of terminal acetylenes is 1. The molecule has 0 aliphatic rings. The van der Waals surface area contributed by atoms with E-state index in [0.717, 1.165) is 0 Å². The van der Waals surface area contributed by atoms with E-state index in [-0.39, 0.29) is 22.7 Å². The second kappa shape index (κ2) is 10.1. The summed E-state index contributed by atoms with van der Waals surface area (Å²) >= 11 is 0. The lowest BCUT2D eigenvalue weighted by atomic mass is 10.1. The average molecular weight is 434 g/mol. The van der Waals surface area contributed by atoms with Crippen LogP contribution in [0.1, 0.15) is 27.6 Å². The van der Waals surface area contributed by atoms with Crippen molar-refractivity contribution in [2.45, 2.75) is 13.0 Å². The van der Waals surface area contributed by atoms with Gasteiger partial charge in [-0.3, -0.25) is 4.79 Å². The molecule has 0 bridgehead atoms. The van der Waals surface area contributed by atoms with Gasteiger partial charge >= 0.3 is 5.97 Å². The molecule has 32 heavy (non-hydrogen) atoms. The van der Waals surface area contributed by atoms with E-state index in [1.165, 1.54) is 61.8 Å². The first-order valence-electron chi connectivity index (χ1n) is 9.45. The van der Waals surface area contributed by atoms with Gasteiger partial charge in [0.25, 0.3) is 5.91 Å². The third-order valence-corrected chi connectivity index (χ3v) is 4.17. The van der Waals surface area contributed by atoms with Crippen molar-refractivity contribution in [1.29, 1.82) is 0 Å². The van der Waals surface area contributed by atoms with Gasteiger partial charge in [0.2, 0.25) is 0 Å². The van der Waals surface area contributed by atoms with Gasteiger partial charge in [0, 0.05) is 17.8 Å². The van der Waals surface area contributed by atoms with Gasteiger partial charge in [-0.1, -0.05) is 5.92 Å². The SMILES string of the molecule is C#CC(C)Oc1cc(Oc2ccc(F)cc2)cc(C(=O)Nc2ccc(C(=O)OC)cn2)c1. The van der Waals surface area contributed by atoms with E-state index in [4.69, 9.17) is 15.9 Å². The fourth-order valence-corrected chi connectivity index (χ4v) is 2.60. The number of benzene rings is 2. The number of amides is 1. The number of carbonyl (C=O) groups is 2. The van der Waals surface area contributed by atoms with Gasteiger partial charge in [-0.05, 0) is 55.5 Å². The number of aromatic nitrogens is 1. The van der Waals surface area contributed by atoms with Gasteiger partial charge in [0.15, 0.2) is 6.10 Å². The molecule has 0 saturated carbocycles. The van der Waals surface area contributed by atoms with Crippen molar-refractivity contribution in [3.8, 4) is 29.6 Å². The molecule has 0 aliphatic heterocycles. The molecule has 1 N–H and O–H groups in total. The van der Waals surface area contributed by atoms with E-state index < -0.39 is 23.8 Å². The van der Waals surface area contributed by atoms with E-state index in [2.05, 4.69) is 21.0 Å². The number of ether oxygens (including phenoxy) is 3. The zero-order chi connectivity index (χ0) is 23.1. The van der Waals surface area contributed by atoms with Crippen molar-refractivity contribution in [3.05, 3.63) is 77.7 Å². The molecule has 2 aromatic carbocycles. The minimum absolute atomic E-state index is 0.211. The van der Waals surface area contributed by atoms with Crippen molar-refractivity contribution in [2.24, 2.45) is 0 Å². The highest BCUT2D eigenvalue weighted by Crippen LogP contribution is 2.28. The molecule has 0 radical (unpaired) electrons. The van der Waals surface area contributed by atoms with Crippen LogP contribution in [0.3, 0.4) is 0 Å². The zero-order valence-corrected chi connectivity index (χ0v) is 17.3. The largest absolute Gasteiger partial charge is 0.478 e. The number of nitrogens with one attached hydrogen (secondary N) is 1. The first kappa shape index (κ1) is 22.3. The maximum atomic E-state index is 13.2. The van der Waals surface area contributed by atoms with E-state index in [1.54, 1.807) is 13.0 Å². The van der Waals surface area contributed by atoms with Gasteiger partial charge < -0.3 is 19.5 Å². The number of esters is 1. The Bertz CT molecular complexity index is 1150. The van der Waals surface area contributed by atoms with E-state index in [1.807, 2.05) is 0 Å². The fraction of sp³-hybridized carbons (Fsp3) is 0.125. The number of rotatable bonds is 7. The first-order chi connectivity index (χ1) is 15.4. The molecule has 3 rings (SSSR count). The molecule has 0 saturated heterocycles. The molecule has 1 amide bonds. The fourth-order valence-electron chi connectivity index (χ4n) is 2.60. The van der Waals surface area contributed by atoms with Crippen molar-refractivity contribution >= 4 is 17.7 Å². The summed E-state index contributed by atoms with van der Waals surface area (Å²) in [7, 11) is 1.26. The first-order valence-corrected chi connectivity index (χ1v) is 9.45. The van der Waals surface area contributed by atoms with E-state index >= 15 is 0 Å². The summed E-state index contributed by atoms with van der Waals surface area (Å²) in [4.78, 5) is 28.4. The van der Waals surface area contributed by atoms with Crippen molar-refractivity contribution < 1.29 is 28.2 Å². The number of carbonyl (C=O) groups excluding carboxylic acids is 2. The van der Waals surface area contributed by atoms with Gasteiger partial charge in [-0.25, -0.2) is 14.2 Å². The Labute approximate surface area is 184 Å². The Kier molecular flexibility index (Phi) is 7.03. The van der Waals surface area contributed by atoms with Gasteiger partial charge in [0.1, 0.15) is 28.9 Å². The van der Waals surface area contributed by atoms with Crippen LogP contribution in [0.5, 0.6) is 17.2 Å². The highest BCUT2D eigenvalue weighted by molar-refractivity contribution is 6.04. The van der Waals surface area contributed by atoms with Crippen LogP contribution in [0.15, 0.2) is 60.8 Å². The second-order valence-corrected chi connectivity index (χ2v) is 6.55. The molecule has 1 atom stereocenters. The molecule has 162 valence electrons. The van der Waals surface area contributed by atoms with E-state index in [9.17, 15) is 14.0 Å². The van der Waals surface area contributed by atoms with Gasteiger partial charge in [-0.15, -0.1) is 6.42 Å². The summed E-state index contributed by atoms with van der Waals surface area (Å²) in [6.07, 6.45) is 6.13. The molecule has 1 unspecified atom stereocenters. The molecule has 1 heterocycles. The van der Waals surface area contributed by atoms with Gasteiger partial charge in [0.05, 0.1) is 12.7 Å². The quantitative estimate of drug-likeness (QED) is 0.437. The van der Waals surface area contributed by atoms with Crippen LogP contribution in [0, 0.1) is 18.2 Å². The molecular formula is C24H19FN2O5. The number of pyridine rings is 1. The maximum Gasteiger partial charge on any atom is 0.339 e. The lowest BCUT2D eigenvalue weighted by Gasteiger charge is -2.14. The van der Waals surface area contributed by atoms with Crippen LogP contribution in [-0.4, -0.2) is 30.1 Å². The minimum Gasteiger partial charge on any atom is -0.478 e. The lowest BCUT2D eigenvalue weighted by Crippen LogP contribution is -2.14. The molecule has 0 fully saturated rings. The summed E-state index contributed by atoms with van der Waals surface area (Å²) in [5.41, 5.74) is 0.460. The van der Waals surface area contributed by atoms with Crippen LogP contribution in [0.4, 0.5) is 10.2 Å². The standard InChI is InChI=1S/C24H19FN2O5/c1-4-15(2)31-20-11-17(12-21(13-20)32-19-8-6-18(25)7-9-19)23(28)27-22-10-5-16(14-26-22)24(29)30-3/h1,5-15H,2-3H3,(H,26,27,28). The second-order valence-electron chi connectivity index (χ2n) is 6.55. The number of hydrogen-bond donors (Lipinski definition) is 1. The summed E-state index contributed by atoms with van der Waals surface area (Å²) in [6, 6.07) is 12.9. The zero-order valence-electron chi connectivity index (χ0n) is 17.3. The average Bonchev–Trinajstić information content (AvgIpc) is 2.80. The van der Waals surface area contributed by atoms with Crippen LogP contribution in [-0.2, 0) is 4.74 Å². The molecule has 7 nitrogen and oxygen atoms in total. The molecule has 3 aromatic rings. The smallest absolute Gasteiger partial charge is 0.339 e. The number of methoxy groups -OCH3 is 1. The number of hydrogen-bond acceptors (Lipinski definition) is 6. The van der Waals surface area contributed by atoms with Crippen LogP contribution in [0.2, 0.25) is 0 Å². The summed E-state index contributed by atoms with van der Waals surface area (Å²) < 4.78 is 29.2. The highest BCUT2D eigenvalue weighted by Gasteiger charge is 2.14. The monoisotopic (exact) mass is 434 g/mol. The highest BCUT2D eigenvalue weighted by atomic mass is 19.1. The Morgan fingerprint density at radius 2 is 1.75 bits per heavy atom. The maximum absolute atomic E-state index is 13.2. The Morgan fingerprint density at radius 3 is 2.38 bits per heavy atom. The normalized spacial score (nSPS) is 11.1. The summed E-state index contributed by atoms with van der Waals surface area (Å²) in [5.74, 6) is 2.22. The van der Waals surface area contributed by atoms with Crippen LogP contribution in [0.25, 0.3) is 0 Å². The van der Waals surface area contributed by atoms with Crippen LogP contribution >= 0.6 is 0 Å². The molecule has 0 aliphatic carbocycles. The Hall–Kier alpha value is -4.38. The molecule has 1 aromatic heterocycles. The molecule has 8 heteroatoms. The lowest BCUT2D eigenvalue weighted by molar-refractivity contribution is 0.0600. The third-order valence-electron chi connectivity index (χ3n) is 4.17. The summed E-state index contributed by atoms with van der Waals surface area (Å²) in [5, 5.41) is 2.63. The Morgan fingerprint density at radius 1 is 1.03 bits per heavy atom. The van der Waals surface area contributed by atoms with Crippen molar-refractivity contribution in [2.75, 3.05) is 12.4 Å². The minimum atomic E-state index is -0.542.